The summed E-state index contributed by atoms with van der Waals surface area (Å²) in [6, 6.07) is 0. The molecule has 2 unspecified atom stereocenters. The number of hydrogen-bond donors (Lipinski definition) is 1. The van der Waals surface area contributed by atoms with Crippen LogP contribution in [0.4, 0.5) is 0 Å². The fraction of sp³-hybridized carbons (Fsp3) is 1.00. The molecule has 1 aliphatic rings. The summed E-state index contributed by atoms with van der Waals surface area (Å²) in [7, 11) is 0. The van der Waals surface area contributed by atoms with Crippen molar-refractivity contribution in [3.05, 3.63) is 0 Å². The summed E-state index contributed by atoms with van der Waals surface area (Å²) in [4.78, 5) is 0. The molecule has 2 heteroatoms. The molecule has 1 heterocycles. The van der Waals surface area contributed by atoms with Crippen molar-refractivity contribution in [2.75, 3.05) is 6.61 Å². The van der Waals surface area contributed by atoms with E-state index in [4.69, 9.17) is 4.74 Å². The molecule has 1 aliphatic heterocycles. The van der Waals surface area contributed by atoms with Crippen LogP contribution in [0.2, 0.25) is 0 Å². The topological polar surface area (TPSA) is 29.5 Å². The minimum Gasteiger partial charge on any atom is -0.365 e. The second-order valence-corrected chi connectivity index (χ2v) is 13.0. The molecule has 0 bridgehead atoms. The molecular weight excluding hydrogens is 464 g/mol. The molecule has 0 radical (unpaired) electrons. The highest BCUT2D eigenvalue weighted by Gasteiger charge is 2.37. The van der Waals surface area contributed by atoms with Crippen LogP contribution in [0, 0.1) is 5.92 Å². The van der Waals surface area contributed by atoms with Crippen LogP contribution in [0.1, 0.15) is 213 Å². The van der Waals surface area contributed by atoms with Gasteiger partial charge in [-0.15, -0.1) is 0 Å². The average Bonchev–Trinajstić information content (AvgIpc) is 2.90. The van der Waals surface area contributed by atoms with Gasteiger partial charge in [0, 0.05) is 12.8 Å². The SMILES string of the molecule is CCCCCCCCCCCCCCCCC(CCCCCCCCCCCCCCC)CC1(O)CCO1. The Balaban J connectivity index is 1.96. The maximum Gasteiger partial charge on any atom is 0.167 e. The molecule has 1 rings (SSSR count). The van der Waals surface area contributed by atoms with E-state index in [2.05, 4.69) is 13.8 Å². The Morgan fingerprint density at radius 3 is 0.974 bits per heavy atom. The minimum absolute atomic E-state index is 0.658. The molecule has 1 saturated heterocycles. The van der Waals surface area contributed by atoms with E-state index in [1.807, 2.05) is 0 Å². The molecule has 1 fully saturated rings. The van der Waals surface area contributed by atoms with E-state index < -0.39 is 5.79 Å². The minimum atomic E-state index is -0.781. The summed E-state index contributed by atoms with van der Waals surface area (Å²) in [6.07, 6.45) is 42.7. The van der Waals surface area contributed by atoms with E-state index in [0.29, 0.717) is 5.92 Å². The Morgan fingerprint density at radius 2 is 0.737 bits per heavy atom. The first-order chi connectivity index (χ1) is 18.7. The van der Waals surface area contributed by atoms with Crippen molar-refractivity contribution in [1.82, 2.24) is 0 Å². The predicted molar refractivity (Wildman–Crippen MR) is 169 cm³/mol. The maximum atomic E-state index is 10.6. The van der Waals surface area contributed by atoms with Gasteiger partial charge in [0.05, 0.1) is 6.61 Å². The van der Waals surface area contributed by atoms with Gasteiger partial charge in [0.25, 0.3) is 0 Å². The summed E-state index contributed by atoms with van der Waals surface area (Å²) in [5.74, 6) is -0.123. The average molecular weight is 537 g/mol. The lowest BCUT2D eigenvalue weighted by Gasteiger charge is -2.39. The summed E-state index contributed by atoms with van der Waals surface area (Å²) in [5.41, 5.74) is 0. The lowest BCUT2D eigenvalue weighted by molar-refractivity contribution is -0.290. The van der Waals surface area contributed by atoms with Crippen molar-refractivity contribution in [1.29, 1.82) is 0 Å². The highest BCUT2D eigenvalue weighted by Crippen LogP contribution is 2.34. The molecule has 2 atom stereocenters. The summed E-state index contributed by atoms with van der Waals surface area (Å²) >= 11 is 0. The molecule has 0 spiro atoms. The third-order valence-corrected chi connectivity index (χ3v) is 9.15. The predicted octanol–water partition coefficient (Wildman–Crippen LogP) is 12.5. The van der Waals surface area contributed by atoms with Crippen LogP contribution < -0.4 is 0 Å². The zero-order chi connectivity index (χ0) is 27.4. The largest absolute Gasteiger partial charge is 0.365 e. The first-order valence-corrected chi connectivity index (χ1v) is 18.1. The van der Waals surface area contributed by atoms with Gasteiger partial charge in [0.2, 0.25) is 0 Å². The lowest BCUT2D eigenvalue weighted by Crippen LogP contribution is -2.45. The van der Waals surface area contributed by atoms with E-state index in [-0.39, 0.29) is 0 Å². The van der Waals surface area contributed by atoms with Crippen LogP contribution in [0.15, 0.2) is 0 Å². The quantitative estimate of drug-likeness (QED) is 0.0892. The van der Waals surface area contributed by atoms with Crippen molar-refractivity contribution >= 4 is 0 Å². The lowest BCUT2D eigenvalue weighted by atomic mass is 9.86. The highest BCUT2D eigenvalue weighted by atomic mass is 16.6. The van der Waals surface area contributed by atoms with Gasteiger partial charge in [-0.25, -0.2) is 0 Å². The van der Waals surface area contributed by atoms with Gasteiger partial charge in [0.15, 0.2) is 5.79 Å². The maximum absolute atomic E-state index is 10.6. The summed E-state index contributed by atoms with van der Waals surface area (Å²) in [5, 5.41) is 10.6. The number of hydrogen-bond acceptors (Lipinski definition) is 2. The third kappa shape index (κ3) is 22.7. The van der Waals surface area contributed by atoms with Crippen LogP contribution in [0.3, 0.4) is 0 Å². The molecule has 0 saturated carbocycles. The summed E-state index contributed by atoms with van der Waals surface area (Å²) < 4.78 is 5.55. The second-order valence-electron chi connectivity index (χ2n) is 13.0. The number of ether oxygens (including phenoxy) is 1. The molecule has 0 aromatic heterocycles. The Hall–Kier alpha value is -0.0800. The number of rotatable bonds is 31. The van der Waals surface area contributed by atoms with E-state index in [0.717, 1.165) is 19.4 Å². The fourth-order valence-corrected chi connectivity index (χ4v) is 6.38. The zero-order valence-corrected chi connectivity index (χ0v) is 26.6. The van der Waals surface area contributed by atoms with E-state index in [1.165, 1.54) is 186 Å². The molecule has 0 aromatic rings. The van der Waals surface area contributed by atoms with Crippen LogP contribution in [-0.4, -0.2) is 17.5 Å². The molecule has 0 amide bonds. The third-order valence-electron chi connectivity index (χ3n) is 9.15. The van der Waals surface area contributed by atoms with Crippen molar-refractivity contribution in [3.63, 3.8) is 0 Å². The van der Waals surface area contributed by atoms with Crippen LogP contribution in [0.25, 0.3) is 0 Å². The molecule has 0 aliphatic carbocycles. The number of aliphatic hydroxyl groups is 1. The molecule has 1 N–H and O–H groups in total. The van der Waals surface area contributed by atoms with Gasteiger partial charge >= 0.3 is 0 Å². The second kappa shape index (κ2) is 27.1. The summed E-state index contributed by atoms with van der Waals surface area (Å²) in [6.45, 7) is 5.35. The first kappa shape index (κ1) is 35.9. The van der Waals surface area contributed by atoms with Crippen molar-refractivity contribution in [2.24, 2.45) is 5.92 Å². The van der Waals surface area contributed by atoms with Crippen molar-refractivity contribution in [2.45, 2.75) is 219 Å². The van der Waals surface area contributed by atoms with Crippen molar-refractivity contribution in [3.8, 4) is 0 Å². The monoisotopic (exact) mass is 537 g/mol. The van der Waals surface area contributed by atoms with E-state index >= 15 is 0 Å². The van der Waals surface area contributed by atoms with Crippen molar-refractivity contribution < 1.29 is 9.84 Å². The van der Waals surface area contributed by atoms with Gasteiger partial charge in [-0.05, 0) is 5.92 Å². The van der Waals surface area contributed by atoms with E-state index in [9.17, 15) is 5.11 Å². The highest BCUT2D eigenvalue weighted by molar-refractivity contribution is 4.79. The van der Waals surface area contributed by atoms with Gasteiger partial charge in [-0.1, -0.05) is 200 Å². The standard InChI is InChI=1S/C36H72O2/c1-3-5-7-9-11-13-15-17-19-21-23-25-27-29-31-35(34-36(37)32-33-38-36)30-28-26-24-22-20-18-16-14-12-10-8-6-4-2/h35,37H,3-34H2,1-2H3. The van der Waals surface area contributed by atoms with Gasteiger partial charge in [0.1, 0.15) is 0 Å². The molecule has 0 aromatic carbocycles. The Morgan fingerprint density at radius 1 is 0.474 bits per heavy atom. The smallest absolute Gasteiger partial charge is 0.167 e. The molecule has 38 heavy (non-hydrogen) atoms. The Kier molecular flexibility index (Phi) is 25.6. The normalized spacial score (nSPS) is 18.1. The Bertz CT molecular complexity index is 458. The Labute approximate surface area is 240 Å². The molecule has 2 nitrogen and oxygen atoms in total. The van der Waals surface area contributed by atoms with Gasteiger partial charge < -0.3 is 9.84 Å². The van der Waals surface area contributed by atoms with Crippen LogP contribution >= 0.6 is 0 Å². The van der Waals surface area contributed by atoms with Crippen LogP contribution in [-0.2, 0) is 4.74 Å². The molecular formula is C36H72O2. The van der Waals surface area contributed by atoms with Gasteiger partial charge in [-0.2, -0.15) is 0 Å². The van der Waals surface area contributed by atoms with Crippen LogP contribution in [0.5, 0.6) is 0 Å². The van der Waals surface area contributed by atoms with Gasteiger partial charge in [-0.3, -0.25) is 0 Å². The van der Waals surface area contributed by atoms with E-state index in [1.54, 1.807) is 0 Å². The fourth-order valence-electron chi connectivity index (χ4n) is 6.38. The first-order valence-electron chi connectivity index (χ1n) is 18.1. The molecule has 228 valence electrons. The zero-order valence-electron chi connectivity index (χ0n) is 26.6. The number of unbranched alkanes of at least 4 members (excludes halogenated alkanes) is 25.